The van der Waals surface area contributed by atoms with Gasteiger partial charge in [0, 0.05) is 31.3 Å². The second-order valence-corrected chi connectivity index (χ2v) is 6.01. The zero-order valence-electron chi connectivity index (χ0n) is 15.1. The number of rotatable bonds is 6. The molecule has 7 heteroatoms. The number of likely N-dealkylation sites (N-methyl/N-ethyl adjacent to an activating group) is 1. The molecule has 0 aromatic heterocycles. The largest absolute Gasteiger partial charge is 0.354 e. The average Bonchev–Trinajstić information content (AvgIpc) is 2.60. The lowest BCUT2D eigenvalue weighted by Crippen LogP contribution is -2.42. The van der Waals surface area contributed by atoms with Gasteiger partial charge in [0.2, 0.25) is 0 Å². The molecule has 2 aromatic rings. The lowest BCUT2D eigenvalue weighted by molar-refractivity contribution is 0.282. The number of nitrogens with one attached hydrogen (secondary N) is 2. The highest BCUT2D eigenvalue weighted by atomic mass is 19.1. The fourth-order valence-electron chi connectivity index (χ4n) is 2.61. The summed E-state index contributed by atoms with van der Waals surface area (Å²) in [4.78, 5) is 5.79. The van der Waals surface area contributed by atoms with Gasteiger partial charge in [0.05, 0.1) is 6.04 Å². The molecule has 0 saturated carbocycles. The Bertz CT molecular complexity index is 742. The molecule has 0 aliphatic heterocycles. The van der Waals surface area contributed by atoms with E-state index in [0.29, 0.717) is 11.5 Å². The standard InChI is InChI=1S/C19H23F3N4/c1-23-19(24-11-13-7-4-5-8-14(13)20)25-12-17(26(2)3)18-15(21)9-6-10-16(18)22/h4-10,17H,11-12H2,1-3H3,(H2,23,24,25). The van der Waals surface area contributed by atoms with Gasteiger partial charge in [0.25, 0.3) is 0 Å². The first-order valence-electron chi connectivity index (χ1n) is 8.22. The van der Waals surface area contributed by atoms with E-state index in [1.54, 1.807) is 44.2 Å². The number of benzene rings is 2. The van der Waals surface area contributed by atoms with Gasteiger partial charge in [-0.2, -0.15) is 0 Å². The summed E-state index contributed by atoms with van der Waals surface area (Å²) >= 11 is 0. The minimum atomic E-state index is -0.597. The van der Waals surface area contributed by atoms with E-state index in [4.69, 9.17) is 0 Å². The summed E-state index contributed by atoms with van der Waals surface area (Å²) in [6, 6.07) is 9.70. The molecule has 1 atom stereocenters. The number of nitrogens with zero attached hydrogens (tertiary/aromatic N) is 2. The third kappa shape index (κ3) is 4.98. The monoisotopic (exact) mass is 364 g/mol. The summed E-state index contributed by atoms with van der Waals surface area (Å²) in [6.07, 6.45) is 0. The van der Waals surface area contributed by atoms with Crippen molar-refractivity contribution in [1.82, 2.24) is 15.5 Å². The van der Waals surface area contributed by atoms with E-state index < -0.39 is 17.7 Å². The summed E-state index contributed by atoms with van der Waals surface area (Å²) in [6.45, 7) is 0.467. The first-order chi connectivity index (χ1) is 12.4. The molecule has 0 spiro atoms. The van der Waals surface area contributed by atoms with Crippen LogP contribution >= 0.6 is 0 Å². The smallest absolute Gasteiger partial charge is 0.191 e. The van der Waals surface area contributed by atoms with Gasteiger partial charge in [0.1, 0.15) is 17.5 Å². The average molecular weight is 364 g/mol. The van der Waals surface area contributed by atoms with E-state index in [-0.39, 0.29) is 24.5 Å². The van der Waals surface area contributed by atoms with E-state index >= 15 is 0 Å². The Labute approximate surface area is 151 Å². The molecular weight excluding hydrogens is 341 g/mol. The normalized spacial score (nSPS) is 13.0. The maximum Gasteiger partial charge on any atom is 0.191 e. The van der Waals surface area contributed by atoms with Crippen molar-refractivity contribution in [2.24, 2.45) is 4.99 Å². The quantitative estimate of drug-likeness (QED) is 0.611. The van der Waals surface area contributed by atoms with Gasteiger partial charge in [-0.15, -0.1) is 0 Å². The Hall–Kier alpha value is -2.54. The Kier molecular flexibility index (Phi) is 7.03. The number of hydrogen-bond donors (Lipinski definition) is 2. The van der Waals surface area contributed by atoms with Crippen molar-refractivity contribution < 1.29 is 13.2 Å². The number of hydrogen-bond acceptors (Lipinski definition) is 2. The van der Waals surface area contributed by atoms with E-state index in [1.807, 2.05) is 0 Å². The first kappa shape index (κ1) is 19.8. The van der Waals surface area contributed by atoms with Gasteiger partial charge in [0.15, 0.2) is 5.96 Å². The van der Waals surface area contributed by atoms with Crippen molar-refractivity contribution in [3.63, 3.8) is 0 Å². The molecule has 2 aromatic carbocycles. The Morgan fingerprint density at radius 2 is 1.58 bits per heavy atom. The lowest BCUT2D eigenvalue weighted by atomic mass is 10.0. The van der Waals surface area contributed by atoms with E-state index in [1.165, 1.54) is 24.3 Å². The van der Waals surface area contributed by atoms with Crippen LogP contribution in [0.2, 0.25) is 0 Å². The van der Waals surface area contributed by atoms with Crippen LogP contribution in [0.25, 0.3) is 0 Å². The molecule has 0 aliphatic carbocycles. The van der Waals surface area contributed by atoms with Crippen molar-refractivity contribution >= 4 is 5.96 Å². The highest BCUT2D eigenvalue weighted by Crippen LogP contribution is 2.23. The Balaban J connectivity index is 2.04. The van der Waals surface area contributed by atoms with Crippen LogP contribution in [0.5, 0.6) is 0 Å². The second-order valence-electron chi connectivity index (χ2n) is 6.01. The van der Waals surface area contributed by atoms with Crippen LogP contribution in [0.1, 0.15) is 17.2 Å². The van der Waals surface area contributed by atoms with E-state index in [0.717, 1.165) is 0 Å². The maximum absolute atomic E-state index is 14.1. The molecule has 0 heterocycles. The van der Waals surface area contributed by atoms with Crippen LogP contribution in [-0.2, 0) is 6.54 Å². The predicted octanol–water partition coefficient (Wildman–Crippen LogP) is 3.07. The zero-order chi connectivity index (χ0) is 19.1. The molecule has 1 unspecified atom stereocenters. The molecule has 2 rings (SSSR count). The van der Waals surface area contributed by atoms with E-state index in [9.17, 15) is 13.2 Å². The first-order valence-corrected chi connectivity index (χ1v) is 8.22. The minimum Gasteiger partial charge on any atom is -0.354 e. The molecule has 0 saturated heterocycles. The summed E-state index contributed by atoms with van der Waals surface area (Å²) in [5.74, 6) is -1.09. The van der Waals surface area contributed by atoms with Crippen LogP contribution in [0, 0.1) is 17.5 Å². The fourth-order valence-corrected chi connectivity index (χ4v) is 2.61. The summed E-state index contributed by atoms with van der Waals surface area (Å²) in [7, 11) is 5.06. The van der Waals surface area contributed by atoms with Gasteiger partial charge >= 0.3 is 0 Å². The fraction of sp³-hybridized carbons (Fsp3) is 0.316. The van der Waals surface area contributed by atoms with Crippen LogP contribution < -0.4 is 10.6 Å². The molecule has 0 fully saturated rings. The van der Waals surface area contributed by atoms with E-state index in [2.05, 4.69) is 15.6 Å². The minimum absolute atomic E-state index is 0.00504. The Morgan fingerprint density at radius 1 is 0.962 bits per heavy atom. The summed E-state index contributed by atoms with van der Waals surface area (Å²) < 4.78 is 41.9. The topological polar surface area (TPSA) is 39.7 Å². The SMILES string of the molecule is CN=C(NCc1ccccc1F)NCC(c1c(F)cccc1F)N(C)C. The molecule has 140 valence electrons. The predicted molar refractivity (Wildman–Crippen MR) is 97.4 cm³/mol. The Morgan fingerprint density at radius 3 is 2.15 bits per heavy atom. The number of aliphatic imine (C=N–C) groups is 1. The van der Waals surface area contributed by atoms with Gasteiger partial charge in [-0.05, 0) is 32.3 Å². The van der Waals surface area contributed by atoms with Crippen molar-refractivity contribution in [3.8, 4) is 0 Å². The third-order valence-electron chi connectivity index (χ3n) is 4.05. The number of halogens is 3. The summed E-state index contributed by atoms with van der Waals surface area (Å²) in [5.41, 5.74) is 0.495. The molecule has 2 N–H and O–H groups in total. The molecule has 0 radical (unpaired) electrons. The van der Waals surface area contributed by atoms with Crippen LogP contribution in [-0.4, -0.2) is 38.5 Å². The second kappa shape index (κ2) is 9.24. The number of guanidine groups is 1. The summed E-state index contributed by atoms with van der Waals surface area (Å²) in [5, 5.41) is 6.03. The van der Waals surface area contributed by atoms with Gasteiger partial charge in [-0.1, -0.05) is 24.3 Å². The van der Waals surface area contributed by atoms with Gasteiger partial charge < -0.3 is 15.5 Å². The maximum atomic E-state index is 14.1. The van der Waals surface area contributed by atoms with Crippen molar-refractivity contribution in [2.45, 2.75) is 12.6 Å². The zero-order valence-corrected chi connectivity index (χ0v) is 15.1. The molecule has 26 heavy (non-hydrogen) atoms. The highest BCUT2D eigenvalue weighted by Gasteiger charge is 2.22. The van der Waals surface area contributed by atoms with Crippen molar-refractivity contribution in [3.05, 3.63) is 71.0 Å². The van der Waals surface area contributed by atoms with Gasteiger partial charge in [-0.25, -0.2) is 13.2 Å². The van der Waals surface area contributed by atoms with Crippen LogP contribution in [0.15, 0.2) is 47.5 Å². The van der Waals surface area contributed by atoms with Crippen LogP contribution in [0.4, 0.5) is 13.2 Å². The molecule has 4 nitrogen and oxygen atoms in total. The van der Waals surface area contributed by atoms with Crippen molar-refractivity contribution in [2.75, 3.05) is 27.7 Å². The lowest BCUT2D eigenvalue weighted by Gasteiger charge is -2.26. The highest BCUT2D eigenvalue weighted by molar-refractivity contribution is 5.79. The molecule has 0 amide bonds. The van der Waals surface area contributed by atoms with Gasteiger partial charge in [-0.3, -0.25) is 4.99 Å². The molecular formula is C19H23F3N4. The van der Waals surface area contributed by atoms with Crippen molar-refractivity contribution in [1.29, 1.82) is 0 Å². The molecule has 0 aliphatic rings. The molecule has 0 bridgehead atoms. The van der Waals surface area contributed by atoms with Crippen LogP contribution in [0.3, 0.4) is 0 Å². The third-order valence-corrected chi connectivity index (χ3v) is 4.05.